The minimum atomic E-state index is -0.470. The average Bonchev–Trinajstić information content (AvgIpc) is 2.94. The van der Waals surface area contributed by atoms with Crippen molar-refractivity contribution in [3.63, 3.8) is 0 Å². The first kappa shape index (κ1) is 16.1. The van der Waals surface area contributed by atoms with E-state index < -0.39 is 5.82 Å². The van der Waals surface area contributed by atoms with Gasteiger partial charge in [0.15, 0.2) is 5.82 Å². The van der Waals surface area contributed by atoms with Gasteiger partial charge in [-0.3, -0.25) is 4.79 Å². The predicted molar refractivity (Wildman–Crippen MR) is 79.6 cm³/mol. The Labute approximate surface area is 134 Å². The average molecular weight is 324 g/mol. The third-order valence-corrected chi connectivity index (χ3v) is 4.45. The highest BCUT2D eigenvalue weighted by molar-refractivity contribution is 5.78. The van der Waals surface area contributed by atoms with E-state index in [1.54, 1.807) is 4.90 Å². The Morgan fingerprint density at radius 3 is 3.13 bits per heavy atom. The van der Waals surface area contributed by atoms with Crippen LogP contribution in [-0.2, 0) is 14.3 Å². The van der Waals surface area contributed by atoms with E-state index in [0.717, 1.165) is 6.42 Å². The molecule has 6 nitrogen and oxygen atoms in total. The summed E-state index contributed by atoms with van der Waals surface area (Å²) in [5.41, 5.74) is -0.368. The Kier molecular flexibility index (Phi) is 4.77. The molecule has 0 bridgehead atoms. The Bertz CT molecular complexity index is 563. The lowest BCUT2D eigenvalue weighted by Crippen LogP contribution is -2.67. The summed E-state index contributed by atoms with van der Waals surface area (Å²) in [7, 11) is 0. The van der Waals surface area contributed by atoms with Gasteiger partial charge in [-0.1, -0.05) is 0 Å². The monoisotopic (exact) mass is 324 g/mol. The van der Waals surface area contributed by atoms with Crippen LogP contribution < -0.4 is 4.74 Å². The first-order chi connectivity index (χ1) is 11.1. The fraction of sp³-hybridized carbons (Fsp3) is 0.625. The van der Waals surface area contributed by atoms with E-state index in [-0.39, 0.29) is 29.9 Å². The van der Waals surface area contributed by atoms with Crippen molar-refractivity contribution in [2.45, 2.75) is 18.9 Å². The van der Waals surface area contributed by atoms with E-state index in [4.69, 9.17) is 14.2 Å². The fourth-order valence-electron chi connectivity index (χ4n) is 3.08. The van der Waals surface area contributed by atoms with Crippen LogP contribution in [0.1, 0.15) is 13.3 Å². The topological polar surface area (TPSA) is 60.9 Å². The lowest BCUT2D eigenvalue weighted by molar-refractivity contribution is -0.170. The molecule has 1 atom stereocenters. The molecule has 2 aliphatic heterocycles. The van der Waals surface area contributed by atoms with E-state index in [1.807, 2.05) is 6.92 Å². The second kappa shape index (κ2) is 6.80. The SMILES string of the molecule is CCOCC(=O)N1CC2(C1)OCCC2COc1ncccc1F. The number of amides is 1. The number of hydrogen-bond donors (Lipinski definition) is 0. The first-order valence-corrected chi connectivity index (χ1v) is 7.87. The maximum Gasteiger partial charge on any atom is 0.250 e. The highest BCUT2D eigenvalue weighted by Gasteiger charge is 2.54. The molecular formula is C16H21FN2O4. The summed E-state index contributed by atoms with van der Waals surface area (Å²) in [4.78, 5) is 17.5. The van der Waals surface area contributed by atoms with Crippen LogP contribution in [-0.4, -0.2) is 60.9 Å². The second-order valence-corrected chi connectivity index (χ2v) is 5.89. The zero-order valence-electron chi connectivity index (χ0n) is 13.2. The van der Waals surface area contributed by atoms with Crippen LogP contribution in [0.5, 0.6) is 5.88 Å². The Balaban J connectivity index is 1.53. The Morgan fingerprint density at radius 2 is 2.39 bits per heavy atom. The van der Waals surface area contributed by atoms with E-state index in [0.29, 0.717) is 32.9 Å². The number of rotatable bonds is 6. The molecule has 2 saturated heterocycles. The molecule has 23 heavy (non-hydrogen) atoms. The number of hydrogen-bond acceptors (Lipinski definition) is 5. The molecule has 7 heteroatoms. The molecule has 0 saturated carbocycles. The molecule has 0 radical (unpaired) electrons. The predicted octanol–water partition coefficient (Wildman–Crippen LogP) is 1.25. The molecule has 0 N–H and O–H groups in total. The summed E-state index contributed by atoms with van der Waals surface area (Å²) in [6.45, 7) is 4.53. The van der Waals surface area contributed by atoms with Gasteiger partial charge in [0.25, 0.3) is 0 Å². The number of carbonyl (C=O) groups is 1. The van der Waals surface area contributed by atoms with Crippen LogP contribution in [0.2, 0.25) is 0 Å². The third-order valence-electron chi connectivity index (χ3n) is 4.45. The number of aromatic nitrogens is 1. The van der Waals surface area contributed by atoms with Crippen molar-refractivity contribution in [3.8, 4) is 5.88 Å². The summed E-state index contributed by atoms with van der Waals surface area (Å²) in [5, 5.41) is 0. The molecule has 0 aromatic carbocycles. The van der Waals surface area contributed by atoms with Crippen molar-refractivity contribution in [1.82, 2.24) is 9.88 Å². The summed E-state index contributed by atoms with van der Waals surface area (Å²) >= 11 is 0. The molecule has 2 fully saturated rings. The summed E-state index contributed by atoms with van der Waals surface area (Å²) in [5.74, 6) is -0.357. The van der Waals surface area contributed by atoms with E-state index in [2.05, 4.69) is 4.98 Å². The van der Waals surface area contributed by atoms with Gasteiger partial charge in [-0.2, -0.15) is 0 Å². The Morgan fingerprint density at radius 1 is 1.57 bits per heavy atom. The van der Waals surface area contributed by atoms with Crippen LogP contribution in [0, 0.1) is 11.7 Å². The fourth-order valence-corrected chi connectivity index (χ4v) is 3.08. The van der Waals surface area contributed by atoms with Gasteiger partial charge in [0.1, 0.15) is 12.2 Å². The highest BCUT2D eigenvalue weighted by atomic mass is 19.1. The maximum absolute atomic E-state index is 13.6. The van der Waals surface area contributed by atoms with Gasteiger partial charge in [0.2, 0.25) is 11.8 Å². The minimum absolute atomic E-state index is 0.0122. The van der Waals surface area contributed by atoms with Crippen LogP contribution >= 0.6 is 0 Å². The summed E-state index contributed by atoms with van der Waals surface area (Å²) in [6, 6.07) is 2.84. The van der Waals surface area contributed by atoms with Crippen LogP contribution in [0.15, 0.2) is 18.3 Å². The molecule has 1 spiro atoms. The number of halogens is 1. The van der Waals surface area contributed by atoms with Gasteiger partial charge in [0, 0.05) is 25.3 Å². The van der Waals surface area contributed by atoms with Gasteiger partial charge in [-0.25, -0.2) is 9.37 Å². The zero-order valence-corrected chi connectivity index (χ0v) is 13.2. The Hall–Kier alpha value is -1.73. The summed E-state index contributed by atoms with van der Waals surface area (Å²) in [6.07, 6.45) is 2.33. The lowest BCUT2D eigenvalue weighted by atomic mass is 9.81. The number of ether oxygens (including phenoxy) is 3. The van der Waals surface area contributed by atoms with Gasteiger partial charge in [0.05, 0.1) is 19.7 Å². The van der Waals surface area contributed by atoms with Crippen molar-refractivity contribution in [1.29, 1.82) is 0 Å². The smallest absolute Gasteiger partial charge is 0.250 e. The largest absolute Gasteiger partial charge is 0.475 e. The number of pyridine rings is 1. The second-order valence-electron chi connectivity index (χ2n) is 5.89. The molecule has 1 unspecified atom stereocenters. The van der Waals surface area contributed by atoms with Gasteiger partial charge in [-0.05, 0) is 25.5 Å². The minimum Gasteiger partial charge on any atom is -0.475 e. The highest BCUT2D eigenvalue weighted by Crippen LogP contribution is 2.40. The molecule has 3 heterocycles. The molecule has 1 aromatic rings. The normalized spacial score (nSPS) is 22.2. The first-order valence-electron chi connectivity index (χ1n) is 7.87. The number of carbonyl (C=O) groups excluding carboxylic acids is 1. The van der Waals surface area contributed by atoms with Crippen molar-refractivity contribution >= 4 is 5.91 Å². The van der Waals surface area contributed by atoms with E-state index >= 15 is 0 Å². The van der Waals surface area contributed by atoms with Crippen LogP contribution in [0.3, 0.4) is 0 Å². The van der Waals surface area contributed by atoms with Crippen LogP contribution in [0.25, 0.3) is 0 Å². The molecule has 1 amide bonds. The molecule has 2 aliphatic rings. The molecule has 126 valence electrons. The number of nitrogens with zero attached hydrogens (tertiary/aromatic N) is 2. The molecule has 1 aromatic heterocycles. The van der Waals surface area contributed by atoms with Crippen molar-refractivity contribution in [2.75, 3.05) is 39.5 Å². The van der Waals surface area contributed by atoms with Crippen LogP contribution in [0.4, 0.5) is 4.39 Å². The van der Waals surface area contributed by atoms with E-state index in [9.17, 15) is 9.18 Å². The number of likely N-dealkylation sites (tertiary alicyclic amines) is 1. The third kappa shape index (κ3) is 3.30. The standard InChI is InChI=1S/C16H21FN2O4/c1-2-21-9-14(20)19-10-16(11-19)12(5-7-23-16)8-22-15-13(17)4-3-6-18-15/h3-4,6,12H,2,5,7-11H2,1H3. The molecule has 3 rings (SSSR count). The quantitative estimate of drug-likeness (QED) is 0.788. The zero-order chi connectivity index (χ0) is 16.3. The maximum atomic E-state index is 13.6. The van der Waals surface area contributed by atoms with Crippen molar-refractivity contribution in [3.05, 3.63) is 24.1 Å². The van der Waals surface area contributed by atoms with Gasteiger partial charge in [-0.15, -0.1) is 0 Å². The van der Waals surface area contributed by atoms with Crippen molar-refractivity contribution in [2.24, 2.45) is 5.92 Å². The summed E-state index contributed by atoms with van der Waals surface area (Å²) < 4.78 is 30.1. The molecule has 0 aliphatic carbocycles. The van der Waals surface area contributed by atoms with E-state index in [1.165, 1.54) is 18.3 Å². The van der Waals surface area contributed by atoms with Crippen molar-refractivity contribution < 1.29 is 23.4 Å². The van der Waals surface area contributed by atoms with Gasteiger partial charge >= 0.3 is 0 Å². The lowest BCUT2D eigenvalue weighted by Gasteiger charge is -2.50. The molecular weight excluding hydrogens is 303 g/mol. The van der Waals surface area contributed by atoms with Gasteiger partial charge < -0.3 is 19.1 Å².